The summed E-state index contributed by atoms with van der Waals surface area (Å²) < 4.78 is 9.93. The summed E-state index contributed by atoms with van der Waals surface area (Å²) in [5, 5.41) is 0. The molecule has 1 aromatic rings. The first-order valence-corrected chi connectivity index (χ1v) is 5.19. The molecule has 0 amide bonds. The van der Waals surface area contributed by atoms with Gasteiger partial charge in [0.15, 0.2) is 5.78 Å². The second kappa shape index (κ2) is 4.41. The number of cyclic esters (lactones) is 1. The average Bonchev–Trinajstić information content (AvgIpc) is 2.71. The fraction of sp³-hybridized carbons (Fsp3) is 0.231. The first-order valence-electron chi connectivity index (χ1n) is 5.19. The summed E-state index contributed by atoms with van der Waals surface area (Å²) in [6.07, 6.45) is 0. The topological polar surface area (TPSA) is 52.6 Å². The zero-order chi connectivity index (χ0) is 12.4. The molecular formula is C13H12O4. The Bertz CT molecular complexity index is 497. The summed E-state index contributed by atoms with van der Waals surface area (Å²) in [7, 11) is 1.58. The first kappa shape index (κ1) is 11.4. The molecule has 0 saturated carbocycles. The van der Waals surface area contributed by atoms with Gasteiger partial charge in [-0.3, -0.25) is 4.79 Å². The van der Waals surface area contributed by atoms with Gasteiger partial charge in [0.25, 0.3) is 0 Å². The second-order valence-corrected chi connectivity index (χ2v) is 3.71. The van der Waals surface area contributed by atoms with Crippen molar-refractivity contribution in [1.29, 1.82) is 0 Å². The predicted octanol–water partition coefficient (Wildman–Crippen LogP) is 1.59. The van der Waals surface area contributed by atoms with E-state index < -0.39 is 5.97 Å². The lowest BCUT2D eigenvalue weighted by molar-refractivity contribution is -0.137. The normalized spacial score (nSPS) is 14.8. The molecule has 88 valence electrons. The highest BCUT2D eigenvalue weighted by molar-refractivity contribution is 6.24. The van der Waals surface area contributed by atoms with Crippen molar-refractivity contribution in [2.45, 2.75) is 6.92 Å². The Labute approximate surface area is 98.8 Å². The number of esters is 1. The maximum absolute atomic E-state index is 11.4. The van der Waals surface area contributed by atoms with E-state index in [1.807, 2.05) is 0 Å². The predicted molar refractivity (Wildman–Crippen MR) is 61.6 cm³/mol. The summed E-state index contributed by atoms with van der Waals surface area (Å²) in [5.74, 6) is -0.0781. The maximum atomic E-state index is 11.4. The summed E-state index contributed by atoms with van der Waals surface area (Å²) in [6, 6.07) is 7.17. The molecule has 0 bridgehead atoms. The van der Waals surface area contributed by atoms with Gasteiger partial charge < -0.3 is 9.47 Å². The highest BCUT2D eigenvalue weighted by atomic mass is 16.5. The molecule has 1 heterocycles. The Morgan fingerprint density at radius 1 is 1.29 bits per heavy atom. The number of carbonyl (C=O) groups is 2. The van der Waals surface area contributed by atoms with Crippen molar-refractivity contribution < 1.29 is 19.1 Å². The molecule has 17 heavy (non-hydrogen) atoms. The number of methoxy groups -OCH3 is 1. The number of hydrogen-bond acceptors (Lipinski definition) is 4. The van der Waals surface area contributed by atoms with Crippen LogP contribution >= 0.6 is 0 Å². The van der Waals surface area contributed by atoms with Crippen LogP contribution in [0.3, 0.4) is 0 Å². The van der Waals surface area contributed by atoms with Crippen molar-refractivity contribution in [3.8, 4) is 5.75 Å². The minimum Gasteiger partial charge on any atom is -0.497 e. The van der Waals surface area contributed by atoms with Gasteiger partial charge in [-0.2, -0.15) is 0 Å². The molecule has 0 aromatic heterocycles. The van der Waals surface area contributed by atoms with E-state index in [1.54, 1.807) is 31.4 Å². The molecule has 4 nitrogen and oxygen atoms in total. The van der Waals surface area contributed by atoms with Crippen LogP contribution in [0.4, 0.5) is 0 Å². The van der Waals surface area contributed by atoms with Crippen LogP contribution in [0.2, 0.25) is 0 Å². The fourth-order valence-corrected chi connectivity index (χ4v) is 1.78. The van der Waals surface area contributed by atoms with Crippen LogP contribution < -0.4 is 4.74 Å². The molecule has 0 radical (unpaired) electrons. The zero-order valence-electron chi connectivity index (χ0n) is 9.65. The van der Waals surface area contributed by atoms with E-state index in [0.717, 1.165) is 11.3 Å². The fourth-order valence-electron chi connectivity index (χ4n) is 1.78. The molecule has 1 aliphatic rings. The van der Waals surface area contributed by atoms with Crippen LogP contribution in [0.25, 0.3) is 5.57 Å². The molecular weight excluding hydrogens is 220 g/mol. The Kier molecular flexibility index (Phi) is 2.95. The zero-order valence-corrected chi connectivity index (χ0v) is 9.65. The van der Waals surface area contributed by atoms with E-state index in [0.29, 0.717) is 5.57 Å². The quantitative estimate of drug-likeness (QED) is 0.586. The summed E-state index contributed by atoms with van der Waals surface area (Å²) in [6.45, 7) is 1.52. The molecule has 4 heteroatoms. The Morgan fingerprint density at radius 3 is 2.47 bits per heavy atom. The highest BCUT2D eigenvalue weighted by Gasteiger charge is 2.28. The van der Waals surface area contributed by atoms with Gasteiger partial charge in [0.05, 0.1) is 7.11 Å². The third-order valence-corrected chi connectivity index (χ3v) is 2.64. The molecule has 0 saturated heterocycles. The number of hydrogen-bond donors (Lipinski definition) is 0. The lowest BCUT2D eigenvalue weighted by Gasteiger charge is -2.04. The molecule has 1 aliphatic heterocycles. The number of ether oxygens (including phenoxy) is 2. The molecule has 0 aliphatic carbocycles. The van der Waals surface area contributed by atoms with Crippen LogP contribution in [0, 0.1) is 0 Å². The smallest absolute Gasteiger partial charge is 0.342 e. The number of ketones is 1. The largest absolute Gasteiger partial charge is 0.497 e. The van der Waals surface area contributed by atoms with Crippen LogP contribution in [0.1, 0.15) is 12.5 Å². The lowest BCUT2D eigenvalue weighted by atomic mass is 10.00. The van der Waals surface area contributed by atoms with Crippen LogP contribution in [-0.2, 0) is 14.3 Å². The van der Waals surface area contributed by atoms with Crippen LogP contribution in [0.15, 0.2) is 29.8 Å². The summed E-state index contributed by atoms with van der Waals surface area (Å²) >= 11 is 0. The Morgan fingerprint density at radius 2 is 1.94 bits per heavy atom. The summed E-state index contributed by atoms with van der Waals surface area (Å²) in [5.41, 5.74) is 1.60. The van der Waals surface area contributed by atoms with E-state index >= 15 is 0 Å². The number of carbonyl (C=O) groups excluding carboxylic acids is 2. The molecule has 0 spiro atoms. The maximum Gasteiger partial charge on any atom is 0.342 e. The number of Topliss-reactive ketones (excluding diaryl/α,β-unsaturated/α-hetero) is 1. The van der Waals surface area contributed by atoms with Gasteiger partial charge in [-0.05, 0) is 24.6 Å². The van der Waals surface area contributed by atoms with Gasteiger partial charge in [0, 0.05) is 5.57 Å². The molecule has 2 rings (SSSR count). The van der Waals surface area contributed by atoms with Gasteiger partial charge in [0.2, 0.25) is 0 Å². The van der Waals surface area contributed by atoms with Crippen molar-refractivity contribution in [3.05, 3.63) is 35.4 Å². The first-order chi connectivity index (χ1) is 8.13. The highest BCUT2D eigenvalue weighted by Crippen LogP contribution is 2.27. The Hall–Kier alpha value is -2.10. The average molecular weight is 232 g/mol. The third kappa shape index (κ3) is 2.06. The minimum absolute atomic E-state index is 0.148. The van der Waals surface area contributed by atoms with Crippen LogP contribution in [0.5, 0.6) is 5.75 Å². The van der Waals surface area contributed by atoms with E-state index in [2.05, 4.69) is 0 Å². The number of rotatable bonds is 3. The van der Waals surface area contributed by atoms with Crippen molar-refractivity contribution in [2.75, 3.05) is 13.7 Å². The summed E-state index contributed by atoms with van der Waals surface area (Å²) in [4.78, 5) is 22.8. The van der Waals surface area contributed by atoms with Crippen molar-refractivity contribution in [3.63, 3.8) is 0 Å². The monoisotopic (exact) mass is 232 g/mol. The van der Waals surface area contributed by atoms with E-state index in [9.17, 15) is 9.59 Å². The lowest BCUT2D eigenvalue weighted by Crippen LogP contribution is -2.06. The molecule has 0 N–H and O–H groups in total. The number of benzene rings is 1. The van der Waals surface area contributed by atoms with Gasteiger partial charge >= 0.3 is 5.97 Å². The SMILES string of the molecule is COc1ccc(C2=C(C(C)=O)C(=O)OC2)cc1. The van der Waals surface area contributed by atoms with E-state index in [-0.39, 0.29) is 18.0 Å². The second-order valence-electron chi connectivity index (χ2n) is 3.71. The molecule has 0 fully saturated rings. The van der Waals surface area contributed by atoms with Gasteiger partial charge in [0.1, 0.15) is 17.9 Å². The van der Waals surface area contributed by atoms with Crippen molar-refractivity contribution in [2.24, 2.45) is 0 Å². The third-order valence-electron chi connectivity index (χ3n) is 2.64. The van der Waals surface area contributed by atoms with E-state index in [1.165, 1.54) is 6.92 Å². The van der Waals surface area contributed by atoms with Gasteiger partial charge in [-0.1, -0.05) is 12.1 Å². The molecule has 0 atom stereocenters. The van der Waals surface area contributed by atoms with Crippen LogP contribution in [-0.4, -0.2) is 25.5 Å². The van der Waals surface area contributed by atoms with Crippen molar-refractivity contribution in [1.82, 2.24) is 0 Å². The molecule has 0 unspecified atom stereocenters. The minimum atomic E-state index is -0.539. The van der Waals surface area contributed by atoms with Gasteiger partial charge in [-0.25, -0.2) is 4.79 Å². The standard InChI is InChI=1S/C13H12O4/c1-8(14)12-11(7-17-13(12)15)9-3-5-10(16-2)6-4-9/h3-6H,7H2,1-2H3. The Balaban J connectivity index is 2.44. The molecule has 1 aromatic carbocycles. The van der Waals surface area contributed by atoms with Gasteiger partial charge in [-0.15, -0.1) is 0 Å². The van der Waals surface area contributed by atoms with Crippen molar-refractivity contribution >= 4 is 17.3 Å². The van der Waals surface area contributed by atoms with E-state index in [4.69, 9.17) is 9.47 Å².